The molecule has 2 amide bonds. The highest BCUT2D eigenvalue weighted by Gasteiger charge is 2.32. The summed E-state index contributed by atoms with van der Waals surface area (Å²) in [6, 6.07) is -0.458. The van der Waals surface area contributed by atoms with Crippen molar-refractivity contribution in [3.8, 4) is 0 Å². The number of carbonyl (C=O) groups is 2. The summed E-state index contributed by atoms with van der Waals surface area (Å²) in [6.45, 7) is 0. The number of piperidine rings is 1. The summed E-state index contributed by atoms with van der Waals surface area (Å²) in [5.74, 6) is 0.124. The molecule has 20 heavy (non-hydrogen) atoms. The molecule has 3 rings (SSSR count). The Hall–Kier alpha value is -1.96. The van der Waals surface area contributed by atoms with E-state index in [9.17, 15) is 9.59 Å². The molecule has 8 heteroatoms. The van der Waals surface area contributed by atoms with Crippen LogP contribution in [0, 0.1) is 0 Å². The largest absolute Gasteiger partial charge is 0.355 e. The minimum Gasteiger partial charge on any atom is -0.355 e. The van der Waals surface area contributed by atoms with E-state index < -0.39 is 6.04 Å². The summed E-state index contributed by atoms with van der Waals surface area (Å²) in [5, 5.41) is 3.08. The van der Waals surface area contributed by atoms with Crippen molar-refractivity contribution >= 4 is 39.2 Å². The van der Waals surface area contributed by atoms with Crippen LogP contribution in [-0.2, 0) is 9.59 Å². The zero-order valence-electron chi connectivity index (χ0n) is 10.7. The number of carbonyl (C=O) groups excluding carboxylic acids is 2. The predicted octanol–water partition coefficient (Wildman–Crippen LogP) is 1.05. The first-order valence-electron chi connectivity index (χ1n) is 6.12. The number of imidazole rings is 1. The molecule has 1 fully saturated rings. The van der Waals surface area contributed by atoms with E-state index in [0.29, 0.717) is 28.9 Å². The molecule has 1 saturated heterocycles. The van der Waals surface area contributed by atoms with E-state index in [2.05, 4.69) is 31.2 Å². The molecule has 0 spiro atoms. The van der Waals surface area contributed by atoms with Crippen molar-refractivity contribution in [2.24, 2.45) is 0 Å². The summed E-state index contributed by atoms with van der Waals surface area (Å²) in [5.41, 5.74) is 0.639. The molecule has 2 aromatic heterocycles. The van der Waals surface area contributed by atoms with Crippen LogP contribution < -0.4 is 5.32 Å². The van der Waals surface area contributed by atoms with Crippen molar-refractivity contribution in [3.05, 3.63) is 23.2 Å². The van der Waals surface area contributed by atoms with Gasteiger partial charge in [-0.1, -0.05) is 0 Å². The van der Waals surface area contributed by atoms with Gasteiger partial charge in [-0.15, -0.1) is 0 Å². The number of aromatic nitrogens is 3. The van der Waals surface area contributed by atoms with Gasteiger partial charge in [0, 0.05) is 32.1 Å². The van der Waals surface area contributed by atoms with Gasteiger partial charge >= 0.3 is 0 Å². The number of hydrogen-bond acceptors (Lipinski definition) is 5. The van der Waals surface area contributed by atoms with Gasteiger partial charge in [0.05, 0.1) is 0 Å². The van der Waals surface area contributed by atoms with E-state index in [1.165, 1.54) is 7.05 Å². The van der Waals surface area contributed by atoms with Crippen molar-refractivity contribution in [1.82, 2.24) is 19.3 Å². The number of likely N-dealkylation sites (N-methyl/N-ethyl adjacent to an activating group) is 1. The lowest BCUT2D eigenvalue weighted by atomic mass is 10.0. The zero-order chi connectivity index (χ0) is 14.3. The number of likely N-dealkylation sites (tertiary alicyclic amines) is 1. The Balaban J connectivity index is 1.91. The van der Waals surface area contributed by atoms with Crippen LogP contribution in [0.4, 0.5) is 5.82 Å². The second-order valence-corrected chi connectivity index (χ2v) is 5.41. The minimum absolute atomic E-state index is 0.152. The van der Waals surface area contributed by atoms with Crippen molar-refractivity contribution in [2.45, 2.75) is 18.9 Å². The van der Waals surface area contributed by atoms with Gasteiger partial charge in [-0.3, -0.25) is 14.5 Å². The predicted molar refractivity (Wildman–Crippen MR) is 75.1 cm³/mol. The third kappa shape index (κ3) is 2.15. The summed E-state index contributed by atoms with van der Waals surface area (Å²) in [7, 11) is 1.50. The van der Waals surface area contributed by atoms with E-state index in [1.807, 2.05) is 4.40 Å². The number of nitrogens with one attached hydrogen (secondary N) is 1. The summed E-state index contributed by atoms with van der Waals surface area (Å²) in [4.78, 5) is 33.2. The molecular formula is C12H12BrN5O2. The number of nitrogens with zero attached hydrogens (tertiary/aromatic N) is 4. The van der Waals surface area contributed by atoms with Gasteiger partial charge in [-0.2, -0.15) is 0 Å². The molecule has 0 aliphatic carbocycles. The fourth-order valence-corrected chi connectivity index (χ4v) is 2.61. The van der Waals surface area contributed by atoms with Crippen LogP contribution in [0.15, 0.2) is 23.2 Å². The van der Waals surface area contributed by atoms with Crippen LogP contribution in [0.2, 0.25) is 0 Å². The van der Waals surface area contributed by atoms with Gasteiger partial charge < -0.3 is 9.72 Å². The summed E-state index contributed by atoms with van der Waals surface area (Å²) < 4.78 is 2.44. The van der Waals surface area contributed by atoms with Crippen LogP contribution >= 0.6 is 15.9 Å². The quantitative estimate of drug-likeness (QED) is 0.828. The molecular weight excluding hydrogens is 326 g/mol. The molecule has 3 heterocycles. The molecule has 1 atom stereocenters. The minimum atomic E-state index is -0.458. The van der Waals surface area contributed by atoms with Crippen molar-refractivity contribution in [1.29, 1.82) is 0 Å². The fourth-order valence-electron chi connectivity index (χ4n) is 2.21. The normalized spacial score (nSPS) is 19.7. The summed E-state index contributed by atoms with van der Waals surface area (Å²) >= 11 is 3.32. The van der Waals surface area contributed by atoms with Gasteiger partial charge in [-0.05, 0) is 22.4 Å². The van der Waals surface area contributed by atoms with Crippen LogP contribution in [0.3, 0.4) is 0 Å². The molecule has 0 aromatic carbocycles. The van der Waals surface area contributed by atoms with Gasteiger partial charge in [-0.25, -0.2) is 9.97 Å². The van der Waals surface area contributed by atoms with Crippen LogP contribution in [0.1, 0.15) is 12.8 Å². The number of fused-ring (bicyclic) bond motifs is 1. The van der Waals surface area contributed by atoms with Gasteiger partial charge in [0.1, 0.15) is 10.6 Å². The van der Waals surface area contributed by atoms with E-state index in [0.717, 1.165) is 4.90 Å². The van der Waals surface area contributed by atoms with E-state index in [-0.39, 0.29) is 11.8 Å². The standard InChI is InChI=1S/C12H12BrN5O2/c1-17-9(19)3-2-7(12(17)20)15-10-11-14-4-5-18(11)6-8(13)16-10/h4-7H,2-3H2,1H3,(H,15,16). The molecule has 1 aliphatic heterocycles. The maximum atomic E-state index is 12.1. The maximum absolute atomic E-state index is 12.1. The molecule has 104 valence electrons. The number of imide groups is 1. The van der Waals surface area contributed by atoms with E-state index in [4.69, 9.17) is 0 Å². The van der Waals surface area contributed by atoms with Gasteiger partial charge in [0.2, 0.25) is 5.91 Å². The maximum Gasteiger partial charge on any atom is 0.251 e. The molecule has 7 nitrogen and oxygen atoms in total. The first kappa shape index (κ1) is 13.0. The Morgan fingerprint density at radius 2 is 2.25 bits per heavy atom. The van der Waals surface area contributed by atoms with Crippen LogP contribution in [0.25, 0.3) is 5.65 Å². The lowest BCUT2D eigenvalue weighted by Crippen LogP contribution is -2.48. The van der Waals surface area contributed by atoms with E-state index in [1.54, 1.807) is 18.6 Å². The highest BCUT2D eigenvalue weighted by Crippen LogP contribution is 2.21. The van der Waals surface area contributed by atoms with Crippen molar-refractivity contribution in [3.63, 3.8) is 0 Å². The second kappa shape index (κ2) is 4.86. The average molecular weight is 338 g/mol. The Morgan fingerprint density at radius 1 is 1.45 bits per heavy atom. The molecule has 0 saturated carbocycles. The Morgan fingerprint density at radius 3 is 3.05 bits per heavy atom. The smallest absolute Gasteiger partial charge is 0.251 e. The molecule has 0 radical (unpaired) electrons. The average Bonchev–Trinajstić information content (AvgIpc) is 2.87. The first-order valence-corrected chi connectivity index (χ1v) is 6.91. The molecule has 1 aliphatic rings. The van der Waals surface area contributed by atoms with Crippen molar-refractivity contribution in [2.75, 3.05) is 12.4 Å². The molecule has 0 bridgehead atoms. The number of amides is 2. The second-order valence-electron chi connectivity index (χ2n) is 4.60. The van der Waals surface area contributed by atoms with Crippen molar-refractivity contribution < 1.29 is 9.59 Å². The fraction of sp³-hybridized carbons (Fsp3) is 0.333. The van der Waals surface area contributed by atoms with Gasteiger partial charge in [0.15, 0.2) is 11.5 Å². The Bertz CT molecular complexity index is 698. The first-order chi connectivity index (χ1) is 9.56. The SMILES string of the molecule is CN1C(=O)CCC(Nc2nc(Br)cn3ccnc23)C1=O. The van der Waals surface area contributed by atoms with Crippen LogP contribution in [-0.4, -0.2) is 44.2 Å². The highest BCUT2D eigenvalue weighted by atomic mass is 79.9. The topological polar surface area (TPSA) is 79.6 Å². The number of anilines is 1. The molecule has 1 unspecified atom stereocenters. The molecule has 2 aromatic rings. The van der Waals surface area contributed by atoms with E-state index >= 15 is 0 Å². The van der Waals surface area contributed by atoms with Crippen LogP contribution in [0.5, 0.6) is 0 Å². The zero-order valence-corrected chi connectivity index (χ0v) is 12.3. The van der Waals surface area contributed by atoms with Gasteiger partial charge in [0.25, 0.3) is 5.91 Å². The summed E-state index contributed by atoms with van der Waals surface area (Å²) in [6.07, 6.45) is 6.05. The third-order valence-electron chi connectivity index (χ3n) is 3.31. The number of hydrogen-bond donors (Lipinski definition) is 1. The Kier molecular flexibility index (Phi) is 3.17. The monoisotopic (exact) mass is 337 g/mol. The number of rotatable bonds is 2. The highest BCUT2D eigenvalue weighted by molar-refractivity contribution is 9.10. The third-order valence-corrected chi connectivity index (χ3v) is 3.69. The molecule has 1 N–H and O–H groups in total. The Labute approximate surface area is 123 Å². The number of halogens is 1. The lowest BCUT2D eigenvalue weighted by Gasteiger charge is -2.28. The lowest BCUT2D eigenvalue weighted by molar-refractivity contribution is -0.146.